The number of ether oxygens (including phenoxy) is 3. The number of hydrogen-bond acceptors (Lipinski definition) is 9. The Bertz CT molecular complexity index is 1140. The van der Waals surface area contributed by atoms with Crippen LogP contribution in [0, 0.1) is 5.92 Å². The number of piperidine rings is 1. The first-order chi connectivity index (χ1) is 17.4. The van der Waals surface area contributed by atoms with Crippen molar-refractivity contribution in [2.45, 2.75) is 39.2 Å². The number of nitrogens with zero attached hydrogens (tertiary/aromatic N) is 3. The van der Waals surface area contributed by atoms with Crippen LogP contribution in [0.2, 0.25) is 0 Å². The number of allylic oxidation sites excluding steroid dienone is 1. The number of carbonyl (C=O) groups excluding carboxylic acids is 3. The van der Waals surface area contributed by atoms with Crippen molar-refractivity contribution in [1.29, 1.82) is 0 Å². The van der Waals surface area contributed by atoms with E-state index in [1.54, 1.807) is 25.9 Å². The highest BCUT2D eigenvalue weighted by atomic mass is 32.2. The van der Waals surface area contributed by atoms with Crippen LogP contribution in [-0.2, 0) is 23.9 Å². The molecule has 0 aliphatic carbocycles. The molecule has 3 heterocycles. The molecular weight excluding hydrogens is 482 g/mol. The van der Waals surface area contributed by atoms with Crippen LogP contribution in [0.1, 0.15) is 44.7 Å². The number of likely N-dealkylation sites (tertiary alicyclic amines) is 1. The van der Waals surface area contributed by atoms with Gasteiger partial charge in [-0.15, -0.1) is 0 Å². The second-order valence-electron chi connectivity index (χ2n) is 8.75. The standard InChI is InChI=1S/C26H31N3O6S/c1-5-35-24(31)17-9-11-28(12-10-17)21(30)14-19-15-36-26-27-16(2)22(25(32)34-4)23(29(19)26)18-7-6-8-20(13-18)33-3/h6-8,13,15,17,23H,5,9-12,14H2,1-4H3. The van der Waals surface area contributed by atoms with E-state index in [0.29, 0.717) is 54.7 Å². The molecular formula is C26H31N3O6S. The first-order valence-electron chi connectivity index (χ1n) is 12.0. The van der Waals surface area contributed by atoms with E-state index in [1.165, 1.54) is 18.9 Å². The molecule has 1 atom stereocenters. The van der Waals surface area contributed by atoms with Crippen LogP contribution >= 0.6 is 11.8 Å². The Morgan fingerprint density at radius 1 is 1.17 bits per heavy atom. The molecule has 0 aromatic heterocycles. The summed E-state index contributed by atoms with van der Waals surface area (Å²) in [5, 5.41) is 2.62. The van der Waals surface area contributed by atoms with Crippen LogP contribution in [0.25, 0.3) is 0 Å². The Balaban J connectivity index is 1.56. The summed E-state index contributed by atoms with van der Waals surface area (Å²) in [6, 6.07) is 7.01. The molecule has 192 valence electrons. The number of rotatable bonds is 7. The molecule has 10 heteroatoms. The number of hydrogen-bond donors (Lipinski definition) is 0. The molecule has 0 saturated carbocycles. The quantitative estimate of drug-likeness (QED) is 0.510. The molecule has 1 fully saturated rings. The van der Waals surface area contributed by atoms with Crippen LogP contribution in [-0.4, -0.2) is 66.7 Å². The molecule has 3 aliphatic rings. The van der Waals surface area contributed by atoms with Gasteiger partial charge in [-0.25, -0.2) is 9.79 Å². The van der Waals surface area contributed by atoms with E-state index < -0.39 is 12.0 Å². The molecule has 0 bridgehead atoms. The zero-order valence-corrected chi connectivity index (χ0v) is 21.8. The van der Waals surface area contributed by atoms with Crippen LogP contribution in [0.3, 0.4) is 0 Å². The zero-order valence-electron chi connectivity index (χ0n) is 21.0. The molecule has 0 N–H and O–H groups in total. The Hall–Kier alpha value is -3.27. The Morgan fingerprint density at radius 3 is 2.58 bits per heavy atom. The summed E-state index contributed by atoms with van der Waals surface area (Å²) in [6.07, 6.45) is 1.34. The van der Waals surface area contributed by atoms with Crippen LogP contribution < -0.4 is 4.74 Å². The average Bonchev–Trinajstić information content (AvgIpc) is 3.29. The molecule has 0 radical (unpaired) electrons. The lowest BCUT2D eigenvalue weighted by molar-refractivity contribution is -0.151. The number of fused-ring (bicyclic) bond motifs is 1. The molecule has 9 nitrogen and oxygen atoms in total. The van der Waals surface area contributed by atoms with Gasteiger partial charge in [-0.05, 0) is 49.8 Å². The fraction of sp³-hybridized carbons (Fsp3) is 0.462. The second-order valence-corrected chi connectivity index (χ2v) is 9.58. The summed E-state index contributed by atoms with van der Waals surface area (Å²) >= 11 is 1.43. The Labute approximate surface area is 215 Å². The normalized spacial score (nSPS) is 19.9. The number of esters is 2. The number of benzene rings is 1. The molecule has 1 amide bonds. The maximum absolute atomic E-state index is 13.3. The smallest absolute Gasteiger partial charge is 0.338 e. The minimum Gasteiger partial charge on any atom is -0.497 e. The first kappa shape index (κ1) is 25.8. The number of methoxy groups -OCH3 is 2. The van der Waals surface area contributed by atoms with Gasteiger partial charge in [0.1, 0.15) is 5.75 Å². The van der Waals surface area contributed by atoms with Gasteiger partial charge in [0.2, 0.25) is 5.91 Å². The summed E-state index contributed by atoms with van der Waals surface area (Å²) < 4.78 is 15.7. The first-order valence-corrected chi connectivity index (χ1v) is 12.9. The Kier molecular flexibility index (Phi) is 8.03. The van der Waals surface area contributed by atoms with E-state index in [1.807, 2.05) is 34.6 Å². The van der Waals surface area contributed by atoms with Crippen LogP contribution in [0.4, 0.5) is 0 Å². The number of carbonyl (C=O) groups is 3. The molecule has 1 aromatic carbocycles. The van der Waals surface area contributed by atoms with Crippen molar-refractivity contribution in [1.82, 2.24) is 9.80 Å². The highest BCUT2D eigenvalue weighted by Gasteiger charge is 2.41. The molecule has 3 aliphatic heterocycles. The van der Waals surface area contributed by atoms with Gasteiger partial charge < -0.3 is 24.0 Å². The predicted molar refractivity (Wildman–Crippen MR) is 136 cm³/mol. The van der Waals surface area contributed by atoms with Crippen molar-refractivity contribution in [2.24, 2.45) is 10.9 Å². The van der Waals surface area contributed by atoms with Crippen molar-refractivity contribution in [3.63, 3.8) is 0 Å². The molecule has 0 spiro atoms. The van der Waals surface area contributed by atoms with Crippen molar-refractivity contribution in [3.8, 4) is 5.75 Å². The van der Waals surface area contributed by atoms with E-state index >= 15 is 0 Å². The predicted octanol–water partition coefficient (Wildman–Crippen LogP) is 3.63. The fourth-order valence-corrected chi connectivity index (χ4v) is 5.72. The van der Waals surface area contributed by atoms with Crippen molar-refractivity contribution in [3.05, 3.63) is 52.2 Å². The van der Waals surface area contributed by atoms with Gasteiger partial charge in [-0.1, -0.05) is 23.9 Å². The lowest BCUT2D eigenvalue weighted by Crippen LogP contribution is -2.42. The second kappa shape index (κ2) is 11.2. The third-order valence-corrected chi connectivity index (χ3v) is 7.50. The largest absolute Gasteiger partial charge is 0.497 e. The highest BCUT2D eigenvalue weighted by Crippen LogP contribution is 2.45. The van der Waals surface area contributed by atoms with Crippen LogP contribution in [0.5, 0.6) is 5.75 Å². The van der Waals surface area contributed by atoms with Gasteiger partial charge >= 0.3 is 11.9 Å². The summed E-state index contributed by atoms with van der Waals surface area (Å²) in [4.78, 5) is 46.6. The van der Waals surface area contributed by atoms with Gasteiger partial charge in [0.25, 0.3) is 0 Å². The molecule has 1 aromatic rings. The zero-order chi connectivity index (χ0) is 25.8. The van der Waals surface area contributed by atoms with Gasteiger partial charge in [0, 0.05) is 18.8 Å². The van der Waals surface area contributed by atoms with E-state index in [-0.39, 0.29) is 24.2 Å². The van der Waals surface area contributed by atoms with Gasteiger partial charge in [-0.3, -0.25) is 9.59 Å². The van der Waals surface area contributed by atoms with E-state index in [9.17, 15) is 14.4 Å². The van der Waals surface area contributed by atoms with Crippen LogP contribution in [0.15, 0.2) is 51.6 Å². The highest BCUT2D eigenvalue weighted by molar-refractivity contribution is 8.16. The fourth-order valence-electron chi connectivity index (χ4n) is 4.76. The number of amides is 1. The maximum atomic E-state index is 13.3. The van der Waals surface area contributed by atoms with Gasteiger partial charge in [-0.2, -0.15) is 0 Å². The Morgan fingerprint density at radius 2 is 1.92 bits per heavy atom. The van der Waals surface area contributed by atoms with Crippen molar-refractivity contribution in [2.75, 3.05) is 33.9 Å². The summed E-state index contributed by atoms with van der Waals surface area (Å²) in [7, 11) is 2.94. The molecule has 36 heavy (non-hydrogen) atoms. The third kappa shape index (κ3) is 5.13. The van der Waals surface area contributed by atoms with E-state index in [2.05, 4.69) is 4.99 Å². The van der Waals surface area contributed by atoms with E-state index in [0.717, 1.165) is 11.3 Å². The molecule has 1 saturated heterocycles. The van der Waals surface area contributed by atoms with E-state index in [4.69, 9.17) is 14.2 Å². The molecule has 4 rings (SSSR count). The topological polar surface area (TPSA) is 97.7 Å². The lowest BCUT2D eigenvalue weighted by atomic mass is 9.93. The maximum Gasteiger partial charge on any atom is 0.338 e. The minimum atomic E-state index is -0.511. The lowest BCUT2D eigenvalue weighted by Gasteiger charge is -2.37. The third-order valence-electron chi connectivity index (χ3n) is 6.62. The molecule has 1 unspecified atom stereocenters. The number of aliphatic imine (C=N–C) groups is 1. The van der Waals surface area contributed by atoms with Crippen molar-refractivity contribution < 1.29 is 28.6 Å². The number of amidine groups is 1. The minimum absolute atomic E-state index is 0.0271. The van der Waals surface area contributed by atoms with Gasteiger partial charge in [0.05, 0.1) is 50.5 Å². The summed E-state index contributed by atoms with van der Waals surface area (Å²) in [5.41, 5.74) is 2.59. The summed E-state index contributed by atoms with van der Waals surface area (Å²) in [5.74, 6) is -0.180. The number of thioether (sulfide) groups is 1. The van der Waals surface area contributed by atoms with Gasteiger partial charge in [0.15, 0.2) is 5.17 Å². The average molecular weight is 514 g/mol. The SMILES string of the molecule is CCOC(=O)C1CCN(C(=O)CC2=CSC3=NC(C)=C(C(=O)OC)C(c4cccc(OC)c4)N23)CC1. The monoisotopic (exact) mass is 513 g/mol. The van der Waals surface area contributed by atoms with Crippen molar-refractivity contribution >= 4 is 34.8 Å². The summed E-state index contributed by atoms with van der Waals surface area (Å²) in [6.45, 7) is 4.97.